The lowest BCUT2D eigenvalue weighted by Crippen LogP contribution is -2.37. The van der Waals surface area contributed by atoms with Crippen molar-refractivity contribution < 1.29 is 17.9 Å². The van der Waals surface area contributed by atoms with Crippen LogP contribution >= 0.6 is 11.8 Å². The van der Waals surface area contributed by atoms with Gasteiger partial charge in [-0.1, -0.05) is 49.2 Å². The number of ether oxygens (including phenoxy) is 1. The van der Waals surface area contributed by atoms with E-state index >= 15 is 0 Å². The van der Waals surface area contributed by atoms with E-state index in [4.69, 9.17) is 4.74 Å². The van der Waals surface area contributed by atoms with Gasteiger partial charge in [-0.25, -0.2) is 8.42 Å². The maximum Gasteiger partial charge on any atom is 0.251 e. The van der Waals surface area contributed by atoms with Gasteiger partial charge in [0.25, 0.3) is 5.91 Å². The zero-order valence-electron chi connectivity index (χ0n) is 16.0. The molecule has 6 nitrogen and oxygen atoms in total. The Morgan fingerprint density at radius 2 is 1.96 bits per heavy atom. The van der Waals surface area contributed by atoms with Crippen molar-refractivity contribution in [3.63, 3.8) is 0 Å². The van der Waals surface area contributed by atoms with Gasteiger partial charge in [0.05, 0.1) is 24.7 Å². The third-order valence-electron chi connectivity index (χ3n) is 5.87. The fourth-order valence-electron chi connectivity index (χ4n) is 4.37. The summed E-state index contributed by atoms with van der Waals surface area (Å²) < 4.78 is 29.8. The van der Waals surface area contributed by atoms with Gasteiger partial charge in [-0.3, -0.25) is 4.79 Å². The Hall–Kier alpha value is -1.54. The number of nitrogens with zero attached hydrogens (tertiary/aromatic N) is 2. The molecule has 0 radical (unpaired) electrons. The molecule has 0 aromatic heterocycles. The van der Waals surface area contributed by atoms with Crippen LogP contribution < -0.4 is 4.74 Å². The van der Waals surface area contributed by atoms with Gasteiger partial charge < -0.3 is 9.64 Å². The summed E-state index contributed by atoms with van der Waals surface area (Å²) in [7, 11) is -1.43. The van der Waals surface area contributed by atoms with Crippen LogP contribution in [0.2, 0.25) is 0 Å². The minimum Gasteiger partial charge on any atom is -0.496 e. The number of rotatable bonds is 4. The lowest BCUT2D eigenvalue weighted by atomic mass is 9.89. The number of para-hydroxylation sites is 1. The van der Waals surface area contributed by atoms with E-state index in [2.05, 4.69) is 4.99 Å². The molecule has 4 rings (SSSR count). The number of sulfone groups is 1. The first-order valence-corrected chi connectivity index (χ1v) is 12.5. The Labute approximate surface area is 170 Å². The average Bonchev–Trinajstić information content (AvgIpc) is 3.15. The molecule has 28 heavy (non-hydrogen) atoms. The molecule has 2 aliphatic heterocycles. The highest BCUT2D eigenvalue weighted by atomic mass is 32.2. The van der Waals surface area contributed by atoms with Crippen LogP contribution in [-0.2, 0) is 21.2 Å². The number of hydrogen-bond acceptors (Lipinski definition) is 5. The zero-order valence-corrected chi connectivity index (χ0v) is 17.7. The predicted octanol–water partition coefficient (Wildman–Crippen LogP) is 2.87. The summed E-state index contributed by atoms with van der Waals surface area (Å²) >= 11 is 1.45. The van der Waals surface area contributed by atoms with Gasteiger partial charge in [-0.05, 0) is 18.9 Å². The largest absolute Gasteiger partial charge is 0.496 e. The predicted molar refractivity (Wildman–Crippen MR) is 111 cm³/mol. The Bertz CT molecular complexity index is 878. The molecule has 152 valence electrons. The van der Waals surface area contributed by atoms with Crippen LogP contribution in [0.4, 0.5) is 0 Å². The number of carbonyl (C=O) groups is 1. The van der Waals surface area contributed by atoms with Gasteiger partial charge in [-0.15, -0.1) is 0 Å². The highest BCUT2D eigenvalue weighted by Gasteiger charge is 2.49. The molecule has 1 aromatic rings. The summed E-state index contributed by atoms with van der Waals surface area (Å²) in [6.45, 7) is 0.491. The van der Waals surface area contributed by atoms with Gasteiger partial charge in [0.1, 0.15) is 5.75 Å². The lowest BCUT2D eigenvalue weighted by molar-refractivity contribution is -0.122. The van der Waals surface area contributed by atoms with E-state index in [1.807, 2.05) is 29.2 Å². The Morgan fingerprint density at radius 1 is 1.21 bits per heavy atom. The quantitative estimate of drug-likeness (QED) is 0.743. The number of hydrogen-bond donors (Lipinski definition) is 0. The van der Waals surface area contributed by atoms with Crippen molar-refractivity contribution in [3.8, 4) is 5.75 Å². The molecule has 1 saturated carbocycles. The van der Waals surface area contributed by atoms with Crippen LogP contribution in [0.1, 0.15) is 37.7 Å². The third-order valence-corrected chi connectivity index (χ3v) is 9.12. The second-order valence-corrected chi connectivity index (χ2v) is 11.2. The third kappa shape index (κ3) is 4.08. The van der Waals surface area contributed by atoms with Crippen molar-refractivity contribution in [2.45, 2.75) is 49.9 Å². The van der Waals surface area contributed by atoms with Crippen LogP contribution in [0, 0.1) is 5.92 Å². The number of carbonyl (C=O) groups excluding carboxylic acids is 1. The second kappa shape index (κ2) is 8.06. The van der Waals surface area contributed by atoms with Gasteiger partial charge >= 0.3 is 0 Å². The van der Waals surface area contributed by atoms with Crippen molar-refractivity contribution in [1.29, 1.82) is 0 Å². The molecule has 3 fully saturated rings. The molecule has 1 aromatic carbocycles. The number of amidine groups is 1. The van der Waals surface area contributed by atoms with Crippen LogP contribution in [0.25, 0.3) is 0 Å². The first-order valence-electron chi connectivity index (χ1n) is 9.85. The number of fused-ring (bicyclic) bond motifs is 1. The molecule has 8 heteroatoms. The van der Waals surface area contributed by atoms with Crippen molar-refractivity contribution >= 4 is 32.7 Å². The van der Waals surface area contributed by atoms with E-state index in [0.717, 1.165) is 37.0 Å². The summed E-state index contributed by atoms with van der Waals surface area (Å²) in [5, 5.41) is 0.615. The molecule has 0 bridgehead atoms. The normalized spacial score (nSPS) is 28.5. The maximum absolute atomic E-state index is 12.8. The second-order valence-electron chi connectivity index (χ2n) is 7.81. The number of amides is 1. The lowest BCUT2D eigenvalue weighted by Gasteiger charge is -2.26. The van der Waals surface area contributed by atoms with Crippen molar-refractivity contribution in [2.75, 3.05) is 18.6 Å². The molecule has 2 atom stereocenters. The first-order chi connectivity index (χ1) is 13.5. The fraction of sp³-hybridized carbons (Fsp3) is 0.600. The van der Waals surface area contributed by atoms with Crippen LogP contribution in [0.5, 0.6) is 5.75 Å². The van der Waals surface area contributed by atoms with Crippen LogP contribution in [0.3, 0.4) is 0 Å². The monoisotopic (exact) mass is 422 g/mol. The topological polar surface area (TPSA) is 76.0 Å². The van der Waals surface area contributed by atoms with E-state index in [9.17, 15) is 13.2 Å². The molecule has 0 spiro atoms. The maximum atomic E-state index is 12.8. The van der Waals surface area contributed by atoms with Gasteiger partial charge in [0, 0.05) is 23.3 Å². The number of benzene rings is 1. The van der Waals surface area contributed by atoms with E-state index in [-0.39, 0.29) is 34.6 Å². The Balaban J connectivity index is 1.61. The molecular weight excluding hydrogens is 396 g/mol. The summed E-state index contributed by atoms with van der Waals surface area (Å²) in [5.41, 5.74) is 0.966. The Morgan fingerprint density at radius 3 is 2.71 bits per heavy atom. The minimum atomic E-state index is -3.05. The minimum absolute atomic E-state index is 0.0131. The standard InChI is InChI=1S/C20H26N2O4S2/c1-26-17-10-6-5-9-15(17)11-22-16-12-28(24,25)13-18(16)27-20(22)21-19(23)14-7-3-2-4-8-14/h5-6,9-10,14,16,18H,2-4,7-8,11-13H2,1H3/t16-,18-/m0/s1. The summed E-state index contributed by atoms with van der Waals surface area (Å²) in [6, 6.07) is 7.57. The molecule has 1 amide bonds. The summed E-state index contributed by atoms with van der Waals surface area (Å²) in [4.78, 5) is 19.3. The van der Waals surface area contributed by atoms with Crippen molar-refractivity contribution in [1.82, 2.24) is 4.90 Å². The van der Waals surface area contributed by atoms with Gasteiger partial charge in [-0.2, -0.15) is 4.99 Å². The number of thioether (sulfide) groups is 1. The van der Waals surface area contributed by atoms with E-state index in [1.54, 1.807) is 7.11 Å². The van der Waals surface area contributed by atoms with E-state index in [0.29, 0.717) is 11.7 Å². The molecule has 2 heterocycles. The van der Waals surface area contributed by atoms with Crippen LogP contribution in [0.15, 0.2) is 29.3 Å². The smallest absolute Gasteiger partial charge is 0.251 e. The zero-order chi connectivity index (χ0) is 19.7. The number of aliphatic imine (C=N–C) groups is 1. The van der Waals surface area contributed by atoms with E-state index < -0.39 is 9.84 Å². The van der Waals surface area contributed by atoms with Gasteiger partial charge in [0.15, 0.2) is 15.0 Å². The van der Waals surface area contributed by atoms with Crippen molar-refractivity contribution in [3.05, 3.63) is 29.8 Å². The molecule has 0 N–H and O–H groups in total. The highest BCUT2D eigenvalue weighted by molar-refractivity contribution is 8.15. The fourth-order valence-corrected chi connectivity index (χ4v) is 8.33. The number of methoxy groups -OCH3 is 1. The SMILES string of the molecule is COc1ccccc1CN1C(=NC(=O)C2CCCCC2)S[C@H]2CS(=O)(=O)C[C@@H]21. The molecule has 3 aliphatic rings. The van der Waals surface area contributed by atoms with Crippen molar-refractivity contribution in [2.24, 2.45) is 10.9 Å². The first kappa shape index (κ1) is 19.8. The van der Waals surface area contributed by atoms with Crippen LogP contribution in [-0.4, -0.2) is 54.3 Å². The molecular formula is C20H26N2O4S2. The highest BCUT2D eigenvalue weighted by Crippen LogP contribution is 2.40. The average molecular weight is 423 g/mol. The summed E-state index contributed by atoms with van der Waals surface area (Å²) in [5.74, 6) is 1.00. The molecule has 1 aliphatic carbocycles. The van der Waals surface area contributed by atoms with E-state index in [1.165, 1.54) is 18.2 Å². The molecule has 0 unspecified atom stereocenters. The molecule has 2 saturated heterocycles. The summed E-state index contributed by atoms with van der Waals surface area (Å²) in [6.07, 6.45) is 5.19. The van der Waals surface area contributed by atoms with Gasteiger partial charge in [0.2, 0.25) is 0 Å². The Kier molecular flexibility index (Phi) is 5.69.